The normalized spacial score (nSPS) is 11.9. The summed E-state index contributed by atoms with van der Waals surface area (Å²) in [7, 11) is 3.01. The summed E-state index contributed by atoms with van der Waals surface area (Å²) in [6, 6.07) is 5.25. The maximum absolute atomic E-state index is 11.9. The standard InChI is InChI=1S/C18H22N2O7/c1-24-5-6-26-10-16(21)20-14(18(19)23)7-11-8-17(22)27-15-9-12(25-2)3-4-13(11)15/h3-4,8-9,14H,5-7,10H2,1-2H3,(H2,19,23)(H,20,21)/t14-/m1/s1. The monoisotopic (exact) mass is 378 g/mol. The molecule has 146 valence electrons. The van der Waals surface area contributed by atoms with E-state index in [0.29, 0.717) is 28.9 Å². The van der Waals surface area contributed by atoms with Crippen LogP contribution in [0.4, 0.5) is 0 Å². The van der Waals surface area contributed by atoms with Crippen molar-refractivity contribution in [3.63, 3.8) is 0 Å². The molecule has 0 aliphatic carbocycles. The van der Waals surface area contributed by atoms with Gasteiger partial charge in [-0.05, 0) is 17.7 Å². The third-order valence-electron chi connectivity index (χ3n) is 3.81. The lowest BCUT2D eigenvalue weighted by Gasteiger charge is -2.16. The number of hydrogen-bond acceptors (Lipinski definition) is 7. The molecular formula is C18H22N2O7. The number of rotatable bonds is 10. The Morgan fingerprint density at radius 2 is 2.00 bits per heavy atom. The molecule has 0 spiro atoms. The van der Waals surface area contributed by atoms with Gasteiger partial charge in [-0.1, -0.05) is 0 Å². The van der Waals surface area contributed by atoms with E-state index < -0.39 is 23.5 Å². The summed E-state index contributed by atoms with van der Waals surface area (Å²) < 4.78 is 20.2. The third kappa shape index (κ3) is 5.80. The minimum Gasteiger partial charge on any atom is -0.497 e. The smallest absolute Gasteiger partial charge is 0.336 e. The van der Waals surface area contributed by atoms with E-state index in [-0.39, 0.29) is 19.6 Å². The zero-order valence-electron chi connectivity index (χ0n) is 15.2. The molecule has 9 nitrogen and oxygen atoms in total. The van der Waals surface area contributed by atoms with Gasteiger partial charge in [-0.2, -0.15) is 0 Å². The molecule has 27 heavy (non-hydrogen) atoms. The van der Waals surface area contributed by atoms with Gasteiger partial charge in [0.05, 0.1) is 20.3 Å². The average molecular weight is 378 g/mol. The van der Waals surface area contributed by atoms with Crippen LogP contribution in [0.2, 0.25) is 0 Å². The minimum atomic E-state index is -1.00. The lowest BCUT2D eigenvalue weighted by Crippen LogP contribution is -2.47. The van der Waals surface area contributed by atoms with E-state index in [9.17, 15) is 14.4 Å². The Bertz CT molecular complexity index is 862. The third-order valence-corrected chi connectivity index (χ3v) is 3.81. The predicted molar refractivity (Wildman–Crippen MR) is 96.6 cm³/mol. The van der Waals surface area contributed by atoms with Gasteiger partial charge < -0.3 is 29.7 Å². The molecule has 2 amide bonds. The first-order valence-corrected chi connectivity index (χ1v) is 8.20. The lowest BCUT2D eigenvalue weighted by molar-refractivity contribution is -0.130. The van der Waals surface area contributed by atoms with Gasteiger partial charge in [0.25, 0.3) is 0 Å². The van der Waals surface area contributed by atoms with E-state index in [4.69, 9.17) is 24.4 Å². The number of amides is 2. The van der Waals surface area contributed by atoms with Gasteiger partial charge in [0, 0.05) is 31.0 Å². The van der Waals surface area contributed by atoms with Gasteiger partial charge in [0.2, 0.25) is 11.8 Å². The first kappa shape index (κ1) is 20.4. The number of nitrogens with one attached hydrogen (secondary N) is 1. The van der Waals surface area contributed by atoms with Crippen molar-refractivity contribution >= 4 is 22.8 Å². The number of primary amides is 1. The van der Waals surface area contributed by atoms with Crippen LogP contribution in [0.1, 0.15) is 5.56 Å². The highest BCUT2D eigenvalue weighted by atomic mass is 16.5. The Balaban J connectivity index is 2.17. The molecule has 0 unspecified atom stereocenters. The van der Waals surface area contributed by atoms with E-state index in [0.717, 1.165) is 0 Å². The summed E-state index contributed by atoms with van der Waals surface area (Å²) in [6.07, 6.45) is 0.0353. The molecule has 0 saturated heterocycles. The Morgan fingerprint density at radius 3 is 2.67 bits per heavy atom. The molecule has 0 aliphatic rings. The summed E-state index contributed by atoms with van der Waals surface area (Å²) in [5.41, 5.74) is 5.66. The average Bonchev–Trinajstić information content (AvgIpc) is 2.63. The van der Waals surface area contributed by atoms with Crippen LogP contribution in [0.5, 0.6) is 5.75 Å². The second kappa shape index (κ2) is 9.70. The maximum atomic E-state index is 11.9. The van der Waals surface area contributed by atoms with Crippen molar-refractivity contribution in [2.75, 3.05) is 34.0 Å². The zero-order chi connectivity index (χ0) is 19.8. The van der Waals surface area contributed by atoms with E-state index in [1.807, 2.05) is 0 Å². The van der Waals surface area contributed by atoms with Crippen LogP contribution in [0, 0.1) is 0 Å². The second-order valence-corrected chi connectivity index (χ2v) is 5.72. The summed E-state index contributed by atoms with van der Waals surface area (Å²) in [6.45, 7) is 0.362. The molecule has 0 radical (unpaired) electrons. The molecule has 2 rings (SSSR count). The Kier molecular flexibility index (Phi) is 7.33. The van der Waals surface area contributed by atoms with E-state index in [1.54, 1.807) is 18.2 Å². The molecule has 2 aromatic rings. The molecule has 0 fully saturated rings. The fraction of sp³-hybridized carbons (Fsp3) is 0.389. The van der Waals surface area contributed by atoms with E-state index in [1.165, 1.54) is 20.3 Å². The van der Waals surface area contributed by atoms with Crippen LogP contribution in [-0.4, -0.2) is 51.9 Å². The van der Waals surface area contributed by atoms with Gasteiger partial charge >= 0.3 is 5.63 Å². The molecule has 1 aromatic carbocycles. The maximum Gasteiger partial charge on any atom is 0.336 e. The van der Waals surface area contributed by atoms with Gasteiger partial charge in [-0.15, -0.1) is 0 Å². The van der Waals surface area contributed by atoms with Crippen molar-refractivity contribution in [3.05, 3.63) is 40.2 Å². The SMILES string of the molecule is COCCOCC(=O)N[C@H](Cc1cc(=O)oc2cc(OC)ccc12)C(N)=O. The van der Waals surface area contributed by atoms with Crippen LogP contribution in [0.15, 0.2) is 33.5 Å². The molecule has 1 heterocycles. The van der Waals surface area contributed by atoms with Gasteiger partial charge in [-0.25, -0.2) is 4.79 Å². The van der Waals surface area contributed by atoms with Crippen molar-refractivity contribution < 1.29 is 28.2 Å². The zero-order valence-corrected chi connectivity index (χ0v) is 15.2. The molecule has 1 atom stereocenters. The fourth-order valence-electron chi connectivity index (χ4n) is 2.49. The number of benzene rings is 1. The summed E-state index contributed by atoms with van der Waals surface area (Å²) in [5, 5.41) is 3.13. The molecule has 1 aromatic heterocycles. The van der Waals surface area contributed by atoms with Crippen molar-refractivity contribution in [2.45, 2.75) is 12.5 Å². The molecule has 9 heteroatoms. The van der Waals surface area contributed by atoms with E-state index >= 15 is 0 Å². The number of ether oxygens (including phenoxy) is 3. The molecule has 0 aliphatic heterocycles. The van der Waals surface area contributed by atoms with Crippen LogP contribution in [0.3, 0.4) is 0 Å². The topological polar surface area (TPSA) is 130 Å². The lowest BCUT2D eigenvalue weighted by atomic mass is 10.0. The summed E-state index contributed by atoms with van der Waals surface area (Å²) in [4.78, 5) is 35.5. The molecule has 0 saturated carbocycles. The highest BCUT2D eigenvalue weighted by Crippen LogP contribution is 2.23. The van der Waals surface area contributed by atoms with Crippen LogP contribution in [-0.2, 0) is 25.5 Å². The van der Waals surface area contributed by atoms with Gasteiger partial charge in [-0.3, -0.25) is 9.59 Å². The van der Waals surface area contributed by atoms with Gasteiger partial charge in [0.15, 0.2) is 0 Å². The van der Waals surface area contributed by atoms with Gasteiger partial charge in [0.1, 0.15) is 24.0 Å². The first-order chi connectivity index (χ1) is 12.9. The number of methoxy groups -OCH3 is 2. The fourth-order valence-corrected chi connectivity index (χ4v) is 2.49. The summed E-state index contributed by atoms with van der Waals surface area (Å²) in [5.74, 6) is -0.699. The Morgan fingerprint density at radius 1 is 1.22 bits per heavy atom. The largest absolute Gasteiger partial charge is 0.497 e. The number of carbonyl (C=O) groups is 2. The predicted octanol–water partition coefficient (Wildman–Crippen LogP) is -0.0228. The second-order valence-electron chi connectivity index (χ2n) is 5.72. The summed E-state index contributed by atoms with van der Waals surface area (Å²) >= 11 is 0. The molecular weight excluding hydrogens is 356 g/mol. The quantitative estimate of drug-likeness (QED) is 0.439. The minimum absolute atomic E-state index is 0.0353. The highest BCUT2D eigenvalue weighted by molar-refractivity contribution is 5.88. The van der Waals surface area contributed by atoms with Crippen LogP contribution in [0.25, 0.3) is 11.0 Å². The van der Waals surface area contributed by atoms with Crippen molar-refractivity contribution in [2.24, 2.45) is 5.73 Å². The Hall–Kier alpha value is -2.91. The Labute approximate surface area is 155 Å². The van der Waals surface area contributed by atoms with E-state index in [2.05, 4.69) is 5.32 Å². The van der Waals surface area contributed by atoms with Crippen LogP contribution < -0.4 is 21.4 Å². The van der Waals surface area contributed by atoms with Crippen molar-refractivity contribution in [1.29, 1.82) is 0 Å². The number of fused-ring (bicyclic) bond motifs is 1. The van der Waals surface area contributed by atoms with Crippen molar-refractivity contribution in [3.8, 4) is 5.75 Å². The highest BCUT2D eigenvalue weighted by Gasteiger charge is 2.20. The van der Waals surface area contributed by atoms with Crippen molar-refractivity contribution in [1.82, 2.24) is 5.32 Å². The molecule has 0 bridgehead atoms. The molecule has 3 N–H and O–H groups in total. The first-order valence-electron chi connectivity index (χ1n) is 8.20. The number of carbonyl (C=O) groups excluding carboxylic acids is 2. The van der Waals surface area contributed by atoms with Crippen LogP contribution >= 0.6 is 0 Å². The number of nitrogens with two attached hydrogens (primary N) is 1. The number of hydrogen-bond donors (Lipinski definition) is 2.